The maximum Gasteiger partial charge on any atom is 0.407 e. The number of pyridine rings is 1. The van der Waals surface area contributed by atoms with Crippen molar-refractivity contribution in [2.45, 2.75) is 19.4 Å². The third-order valence-electron chi connectivity index (χ3n) is 2.74. The number of carbonyl (C=O) groups is 1. The van der Waals surface area contributed by atoms with Gasteiger partial charge in [0.05, 0.1) is 12.2 Å². The highest BCUT2D eigenvalue weighted by Gasteiger charge is 2.28. The molecule has 1 aliphatic heterocycles. The predicted molar refractivity (Wildman–Crippen MR) is 52.8 cm³/mol. The molecule has 0 aliphatic carbocycles. The summed E-state index contributed by atoms with van der Waals surface area (Å²) in [4.78, 5) is 16.3. The molecule has 2 N–H and O–H groups in total. The van der Waals surface area contributed by atoms with Gasteiger partial charge >= 0.3 is 6.09 Å². The van der Waals surface area contributed by atoms with Gasteiger partial charge < -0.3 is 15.1 Å². The molecule has 0 radical (unpaired) electrons. The van der Waals surface area contributed by atoms with Crippen LogP contribution in [-0.2, 0) is 6.42 Å². The lowest BCUT2D eigenvalue weighted by Crippen LogP contribution is -2.38. The molecule has 1 aromatic heterocycles. The summed E-state index contributed by atoms with van der Waals surface area (Å²) < 4.78 is 0. The van der Waals surface area contributed by atoms with E-state index in [2.05, 4.69) is 4.98 Å². The molecule has 2 heterocycles. The first-order chi connectivity index (χ1) is 7.09. The van der Waals surface area contributed by atoms with Crippen LogP contribution in [0.2, 0.25) is 0 Å². The van der Waals surface area contributed by atoms with Crippen LogP contribution < -0.4 is 0 Å². The zero-order valence-corrected chi connectivity index (χ0v) is 8.34. The molecule has 1 aromatic rings. The number of amides is 1. The molecule has 15 heavy (non-hydrogen) atoms. The molecular weight excluding hydrogens is 196 g/mol. The van der Waals surface area contributed by atoms with E-state index in [9.17, 15) is 9.90 Å². The zero-order valence-electron chi connectivity index (χ0n) is 8.34. The summed E-state index contributed by atoms with van der Waals surface area (Å²) in [6.45, 7) is 2.26. The smallest absolute Gasteiger partial charge is 0.407 e. The summed E-state index contributed by atoms with van der Waals surface area (Å²) in [5, 5.41) is 18.2. The molecule has 1 unspecified atom stereocenters. The van der Waals surface area contributed by atoms with Crippen LogP contribution >= 0.6 is 0 Å². The minimum absolute atomic E-state index is 0.0767. The number of hydrogen-bond donors (Lipinski definition) is 2. The van der Waals surface area contributed by atoms with Gasteiger partial charge in [0.2, 0.25) is 0 Å². The fourth-order valence-electron chi connectivity index (χ4n) is 1.92. The largest absolute Gasteiger partial charge is 0.506 e. The molecule has 0 saturated heterocycles. The molecule has 0 spiro atoms. The molecule has 2 rings (SSSR count). The van der Waals surface area contributed by atoms with Gasteiger partial charge in [-0.15, -0.1) is 0 Å². The van der Waals surface area contributed by atoms with Gasteiger partial charge in [-0.1, -0.05) is 0 Å². The Morgan fingerprint density at radius 2 is 2.40 bits per heavy atom. The van der Waals surface area contributed by atoms with E-state index < -0.39 is 6.09 Å². The maximum atomic E-state index is 10.9. The van der Waals surface area contributed by atoms with E-state index in [4.69, 9.17) is 5.11 Å². The number of hydrogen-bond acceptors (Lipinski definition) is 3. The van der Waals surface area contributed by atoms with Gasteiger partial charge in [-0.3, -0.25) is 4.98 Å². The molecule has 5 heteroatoms. The van der Waals surface area contributed by atoms with Crippen molar-refractivity contribution in [3.05, 3.63) is 23.5 Å². The second-order valence-corrected chi connectivity index (χ2v) is 3.63. The number of aromatic hydroxyl groups is 1. The standard InChI is InChI=1S/C10H12N2O3/c1-6-8-4-7(13)5-11-9(8)2-3-12(6)10(14)15/h4-6,13H,2-3H2,1H3,(H,14,15). The van der Waals surface area contributed by atoms with E-state index in [0.29, 0.717) is 13.0 Å². The summed E-state index contributed by atoms with van der Waals surface area (Å²) in [6.07, 6.45) is 1.06. The second-order valence-electron chi connectivity index (χ2n) is 3.63. The van der Waals surface area contributed by atoms with Crippen LogP contribution in [0.15, 0.2) is 12.3 Å². The monoisotopic (exact) mass is 208 g/mol. The minimum atomic E-state index is -0.934. The van der Waals surface area contributed by atoms with Gasteiger partial charge in [0.1, 0.15) is 5.75 Å². The van der Waals surface area contributed by atoms with E-state index >= 15 is 0 Å². The van der Waals surface area contributed by atoms with Crippen molar-refractivity contribution < 1.29 is 15.0 Å². The first-order valence-corrected chi connectivity index (χ1v) is 4.77. The van der Waals surface area contributed by atoms with Crippen molar-refractivity contribution in [2.24, 2.45) is 0 Å². The van der Waals surface area contributed by atoms with Crippen LogP contribution in [0.25, 0.3) is 0 Å². The number of nitrogens with zero attached hydrogens (tertiary/aromatic N) is 2. The molecular formula is C10H12N2O3. The van der Waals surface area contributed by atoms with E-state index in [0.717, 1.165) is 11.3 Å². The van der Waals surface area contributed by atoms with Crippen LogP contribution in [0.4, 0.5) is 4.79 Å². The molecule has 0 aromatic carbocycles. The lowest BCUT2D eigenvalue weighted by molar-refractivity contribution is 0.124. The highest BCUT2D eigenvalue weighted by Crippen LogP contribution is 2.30. The highest BCUT2D eigenvalue weighted by atomic mass is 16.4. The molecule has 80 valence electrons. The fraction of sp³-hybridized carbons (Fsp3) is 0.400. The van der Waals surface area contributed by atoms with Gasteiger partial charge in [-0.2, -0.15) is 0 Å². The van der Waals surface area contributed by atoms with E-state index in [-0.39, 0.29) is 11.8 Å². The number of aromatic nitrogens is 1. The number of fused-ring (bicyclic) bond motifs is 1. The first kappa shape index (κ1) is 9.76. The lowest BCUT2D eigenvalue weighted by atomic mass is 9.98. The van der Waals surface area contributed by atoms with Crippen LogP contribution in [0.1, 0.15) is 24.2 Å². The van der Waals surface area contributed by atoms with Crippen LogP contribution in [0.5, 0.6) is 5.75 Å². The molecule has 0 fully saturated rings. The van der Waals surface area contributed by atoms with Gasteiger partial charge in [-0.05, 0) is 18.6 Å². The Labute approximate surface area is 87.0 Å². The van der Waals surface area contributed by atoms with Crippen molar-refractivity contribution in [1.82, 2.24) is 9.88 Å². The Hall–Kier alpha value is -1.78. The third-order valence-corrected chi connectivity index (χ3v) is 2.74. The van der Waals surface area contributed by atoms with Crippen molar-refractivity contribution in [3.63, 3.8) is 0 Å². The quantitative estimate of drug-likeness (QED) is 0.675. The lowest BCUT2D eigenvalue weighted by Gasteiger charge is -2.32. The zero-order chi connectivity index (χ0) is 11.0. The Bertz CT molecular complexity index is 406. The Balaban J connectivity index is 2.40. The summed E-state index contributed by atoms with van der Waals surface area (Å²) in [7, 11) is 0. The van der Waals surface area contributed by atoms with Gasteiger partial charge in [-0.25, -0.2) is 4.79 Å². The maximum absolute atomic E-state index is 10.9. The van der Waals surface area contributed by atoms with E-state index in [1.807, 2.05) is 0 Å². The topological polar surface area (TPSA) is 73.7 Å². The van der Waals surface area contributed by atoms with Crippen molar-refractivity contribution >= 4 is 6.09 Å². The summed E-state index contributed by atoms with van der Waals surface area (Å²) >= 11 is 0. The van der Waals surface area contributed by atoms with Crippen LogP contribution in [0.3, 0.4) is 0 Å². The SMILES string of the molecule is CC1c2cc(O)cnc2CCN1C(=O)O. The van der Waals surface area contributed by atoms with Gasteiger partial charge in [0, 0.05) is 18.7 Å². The molecule has 5 nitrogen and oxygen atoms in total. The first-order valence-electron chi connectivity index (χ1n) is 4.77. The molecule has 1 amide bonds. The minimum Gasteiger partial charge on any atom is -0.506 e. The second kappa shape index (κ2) is 3.42. The van der Waals surface area contributed by atoms with Crippen molar-refractivity contribution in [2.75, 3.05) is 6.54 Å². The molecule has 0 bridgehead atoms. The Kier molecular flexibility index (Phi) is 2.22. The summed E-state index contributed by atoms with van der Waals surface area (Å²) in [5.74, 6) is 0.0767. The Morgan fingerprint density at radius 1 is 1.67 bits per heavy atom. The fourth-order valence-corrected chi connectivity index (χ4v) is 1.92. The predicted octanol–water partition coefficient (Wildman–Crippen LogP) is 1.38. The average Bonchev–Trinajstić information content (AvgIpc) is 2.19. The summed E-state index contributed by atoms with van der Waals surface area (Å²) in [5.41, 5.74) is 1.67. The normalized spacial score (nSPS) is 19.8. The van der Waals surface area contributed by atoms with Gasteiger partial charge in [0.15, 0.2) is 0 Å². The van der Waals surface area contributed by atoms with E-state index in [1.54, 1.807) is 13.0 Å². The number of rotatable bonds is 0. The third kappa shape index (κ3) is 1.60. The van der Waals surface area contributed by atoms with Crippen molar-refractivity contribution in [1.29, 1.82) is 0 Å². The van der Waals surface area contributed by atoms with Crippen LogP contribution in [-0.4, -0.2) is 32.7 Å². The average molecular weight is 208 g/mol. The van der Waals surface area contributed by atoms with Crippen LogP contribution in [0, 0.1) is 0 Å². The summed E-state index contributed by atoms with van der Waals surface area (Å²) in [6, 6.07) is 1.34. The molecule has 1 atom stereocenters. The Morgan fingerprint density at radius 3 is 3.07 bits per heavy atom. The molecule has 0 saturated carbocycles. The van der Waals surface area contributed by atoms with Gasteiger partial charge in [0.25, 0.3) is 0 Å². The highest BCUT2D eigenvalue weighted by molar-refractivity contribution is 5.66. The van der Waals surface area contributed by atoms with Crippen molar-refractivity contribution in [3.8, 4) is 5.75 Å². The van der Waals surface area contributed by atoms with E-state index in [1.165, 1.54) is 11.1 Å². The molecule has 1 aliphatic rings. The number of carboxylic acid groups (broad SMARTS) is 1.